The molecule has 0 N–H and O–H groups in total. The Hall–Kier alpha value is -1.55. The van der Waals surface area contributed by atoms with Crippen LogP contribution in [0.2, 0.25) is 0 Å². The summed E-state index contributed by atoms with van der Waals surface area (Å²) in [6.07, 6.45) is 13.3. The molecule has 1 heterocycles. The number of hydrogen-bond donors (Lipinski definition) is 0. The fraction of sp³-hybridized carbons (Fsp3) is 0.471. The smallest absolute Gasteiger partial charge is 0.113 e. The summed E-state index contributed by atoms with van der Waals surface area (Å²) in [6, 6.07) is 5.91. The Morgan fingerprint density at radius 3 is 3.00 bits per heavy atom. The Kier molecular flexibility index (Phi) is 3.46. The minimum atomic E-state index is 0.450. The van der Waals surface area contributed by atoms with Gasteiger partial charge in [-0.25, -0.2) is 4.98 Å². The number of fused-ring (bicyclic) bond motifs is 1. The first-order valence-corrected chi connectivity index (χ1v) is 7.03. The molecular formula is C17H19N. The fourth-order valence-electron chi connectivity index (χ4n) is 3.29. The van der Waals surface area contributed by atoms with Crippen LogP contribution in [0.5, 0.6) is 0 Å². The fourth-order valence-corrected chi connectivity index (χ4v) is 3.29. The zero-order valence-electron chi connectivity index (χ0n) is 10.7. The lowest BCUT2D eigenvalue weighted by molar-refractivity contribution is 0.202. The van der Waals surface area contributed by atoms with E-state index in [0.29, 0.717) is 5.92 Å². The van der Waals surface area contributed by atoms with Gasteiger partial charge in [-0.05, 0) is 49.2 Å². The van der Waals surface area contributed by atoms with Crippen LogP contribution in [0.4, 0.5) is 0 Å². The monoisotopic (exact) mass is 237 g/mol. The molecule has 3 rings (SSSR count). The molecule has 2 aliphatic carbocycles. The van der Waals surface area contributed by atoms with Gasteiger partial charge in [0.2, 0.25) is 0 Å². The first kappa shape index (κ1) is 11.5. The highest BCUT2D eigenvalue weighted by Gasteiger charge is 2.31. The van der Waals surface area contributed by atoms with Crippen molar-refractivity contribution in [1.29, 1.82) is 0 Å². The maximum atomic E-state index is 4.27. The van der Waals surface area contributed by atoms with Crippen LogP contribution < -0.4 is 0 Å². The SMILES string of the molecule is C(#CC1C=CCC2CCCCC12)c1ccccn1. The van der Waals surface area contributed by atoms with Gasteiger partial charge in [-0.2, -0.15) is 0 Å². The van der Waals surface area contributed by atoms with Gasteiger partial charge in [0, 0.05) is 12.1 Å². The van der Waals surface area contributed by atoms with Gasteiger partial charge in [-0.1, -0.05) is 37.0 Å². The van der Waals surface area contributed by atoms with E-state index in [1.54, 1.807) is 0 Å². The highest BCUT2D eigenvalue weighted by molar-refractivity contribution is 5.30. The van der Waals surface area contributed by atoms with Crippen LogP contribution in [0.1, 0.15) is 37.8 Å². The number of rotatable bonds is 0. The summed E-state index contributed by atoms with van der Waals surface area (Å²) in [6.45, 7) is 0. The van der Waals surface area contributed by atoms with Crippen LogP contribution in [-0.2, 0) is 0 Å². The predicted octanol–water partition coefficient (Wildman–Crippen LogP) is 3.82. The molecule has 1 heteroatoms. The average molecular weight is 237 g/mol. The van der Waals surface area contributed by atoms with Crippen LogP contribution in [-0.4, -0.2) is 4.98 Å². The summed E-state index contributed by atoms with van der Waals surface area (Å²) in [5, 5.41) is 0. The van der Waals surface area contributed by atoms with E-state index in [-0.39, 0.29) is 0 Å². The Morgan fingerprint density at radius 1 is 1.17 bits per heavy atom. The molecule has 1 aromatic heterocycles. The number of pyridine rings is 1. The molecular weight excluding hydrogens is 218 g/mol. The molecule has 0 spiro atoms. The molecule has 0 amide bonds. The van der Waals surface area contributed by atoms with E-state index in [1.165, 1.54) is 32.1 Å². The predicted molar refractivity (Wildman–Crippen MR) is 73.8 cm³/mol. The molecule has 3 unspecified atom stereocenters. The molecule has 0 aromatic carbocycles. The van der Waals surface area contributed by atoms with Crippen molar-refractivity contribution >= 4 is 0 Å². The van der Waals surface area contributed by atoms with Crippen molar-refractivity contribution in [2.45, 2.75) is 32.1 Å². The Labute approximate surface area is 109 Å². The van der Waals surface area contributed by atoms with Crippen LogP contribution in [0, 0.1) is 29.6 Å². The number of nitrogens with zero attached hydrogens (tertiary/aromatic N) is 1. The highest BCUT2D eigenvalue weighted by atomic mass is 14.6. The third-order valence-electron chi connectivity index (χ3n) is 4.24. The zero-order chi connectivity index (χ0) is 12.2. The van der Waals surface area contributed by atoms with E-state index in [2.05, 4.69) is 29.0 Å². The van der Waals surface area contributed by atoms with E-state index >= 15 is 0 Å². The van der Waals surface area contributed by atoms with Crippen molar-refractivity contribution in [3.05, 3.63) is 42.2 Å². The molecule has 1 saturated carbocycles. The molecule has 0 aliphatic heterocycles. The van der Waals surface area contributed by atoms with E-state index in [9.17, 15) is 0 Å². The number of aromatic nitrogens is 1. The highest BCUT2D eigenvalue weighted by Crippen LogP contribution is 2.40. The second-order valence-corrected chi connectivity index (χ2v) is 5.38. The van der Waals surface area contributed by atoms with Gasteiger partial charge in [-0.15, -0.1) is 0 Å². The normalized spacial score (nSPS) is 30.1. The van der Waals surface area contributed by atoms with Crippen molar-refractivity contribution < 1.29 is 0 Å². The molecule has 1 nitrogen and oxygen atoms in total. The van der Waals surface area contributed by atoms with Crippen molar-refractivity contribution in [2.75, 3.05) is 0 Å². The molecule has 0 radical (unpaired) electrons. The van der Waals surface area contributed by atoms with Gasteiger partial charge in [-0.3, -0.25) is 0 Å². The quantitative estimate of drug-likeness (QED) is 0.494. The maximum absolute atomic E-state index is 4.27. The Morgan fingerprint density at radius 2 is 2.11 bits per heavy atom. The minimum Gasteiger partial charge on any atom is -0.248 e. The van der Waals surface area contributed by atoms with Crippen LogP contribution in [0.3, 0.4) is 0 Å². The Bertz CT molecular complexity index is 477. The van der Waals surface area contributed by atoms with Gasteiger partial charge in [0.15, 0.2) is 0 Å². The third kappa shape index (κ3) is 2.48. The molecule has 1 fully saturated rings. The van der Waals surface area contributed by atoms with Crippen LogP contribution in [0.15, 0.2) is 36.5 Å². The lowest BCUT2D eigenvalue weighted by Gasteiger charge is -2.36. The summed E-state index contributed by atoms with van der Waals surface area (Å²) >= 11 is 0. The van der Waals surface area contributed by atoms with Gasteiger partial charge in [0.25, 0.3) is 0 Å². The standard InChI is InChI=1S/C17H19N/c1-2-10-17-14(6-1)7-5-8-15(17)11-12-16-9-3-4-13-18-16/h3-5,8-9,13-15,17H,1-2,6-7,10H2. The minimum absolute atomic E-state index is 0.450. The summed E-state index contributed by atoms with van der Waals surface area (Å²) in [7, 11) is 0. The van der Waals surface area contributed by atoms with E-state index < -0.39 is 0 Å². The lowest BCUT2D eigenvalue weighted by atomic mass is 9.68. The third-order valence-corrected chi connectivity index (χ3v) is 4.24. The second-order valence-electron chi connectivity index (χ2n) is 5.38. The van der Waals surface area contributed by atoms with Crippen molar-refractivity contribution in [3.8, 4) is 11.8 Å². The molecule has 1 aromatic rings. The average Bonchev–Trinajstić information content (AvgIpc) is 2.46. The van der Waals surface area contributed by atoms with E-state index in [0.717, 1.165) is 17.5 Å². The van der Waals surface area contributed by atoms with Crippen molar-refractivity contribution in [1.82, 2.24) is 4.98 Å². The number of hydrogen-bond acceptors (Lipinski definition) is 1. The molecule has 0 bridgehead atoms. The molecule has 0 saturated heterocycles. The second kappa shape index (κ2) is 5.40. The number of allylic oxidation sites excluding steroid dienone is 2. The first-order chi connectivity index (χ1) is 8.93. The van der Waals surface area contributed by atoms with Crippen LogP contribution >= 0.6 is 0 Å². The zero-order valence-corrected chi connectivity index (χ0v) is 10.7. The Balaban J connectivity index is 1.78. The summed E-state index contributed by atoms with van der Waals surface area (Å²) in [5.41, 5.74) is 0.892. The molecule has 18 heavy (non-hydrogen) atoms. The first-order valence-electron chi connectivity index (χ1n) is 7.03. The van der Waals surface area contributed by atoms with E-state index in [1.807, 2.05) is 24.4 Å². The van der Waals surface area contributed by atoms with Crippen molar-refractivity contribution in [3.63, 3.8) is 0 Å². The largest absolute Gasteiger partial charge is 0.248 e. The maximum Gasteiger partial charge on any atom is 0.113 e. The van der Waals surface area contributed by atoms with Gasteiger partial charge in [0.1, 0.15) is 5.69 Å². The van der Waals surface area contributed by atoms with Crippen LogP contribution in [0.25, 0.3) is 0 Å². The molecule has 3 atom stereocenters. The molecule has 92 valence electrons. The summed E-state index contributed by atoms with van der Waals surface area (Å²) in [5.74, 6) is 8.80. The van der Waals surface area contributed by atoms with Crippen molar-refractivity contribution in [2.24, 2.45) is 17.8 Å². The molecule has 2 aliphatic rings. The topological polar surface area (TPSA) is 12.9 Å². The van der Waals surface area contributed by atoms with E-state index in [4.69, 9.17) is 0 Å². The summed E-state index contributed by atoms with van der Waals surface area (Å²) < 4.78 is 0. The summed E-state index contributed by atoms with van der Waals surface area (Å²) in [4.78, 5) is 4.27. The van der Waals surface area contributed by atoms with Gasteiger partial charge >= 0.3 is 0 Å². The lowest BCUT2D eigenvalue weighted by Crippen LogP contribution is -2.27. The van der Waals surface area contributed by atoms with Gasteiger partial charge in [0.05, 0.1) is 0 Å². The van der Waals surface area contributed by atoms with Gasteiger partial charge < -0.3 is 0 Å².